The lowest BCUT2D eigenvalue weighted by Gasteiger charge is -2.14. The number of aryl methyl sites for hydroxylation is 2. The topological polar surface area (TPSA) is 72.7 Å². The standard InChI is InChI=1S/C15H21N5O/c1-3-9-20-15(17-11-18-20)12(2)19-14(21)7-6-13-5-4-8-16-10-13/h4-5,8,10-12H,3,6-7,9H2,1-2H3,(H,19,21). The summed E-state index contributed by atoms with van der Waals surface area (Å²) in [4.78, 5) is 20.3. The molecule has 6 nitrogen and oxygen atoms in total. The summed E-state index contributed by atoms with van der Waals surface area (Å²) in [5.74, 6) is 0.809. The Bertz CT molecular complexity index is 566. The third kappa shape index (κ3) is 4.37. The Hall–Kier alpha value is -2.24. The highest BCUT2D eigenvalue weighted by molar-refractivity contribution is 5.76. The van der Waals surface area contributed by atoms with Gasteiger partial charge in [-0.1, -0.05) is 13.0 Å². The van der Waals surface area contributed by atoms with Crippen molar-refractivity contribution in [2.24, 2.45) is 0 Å². The number of nitrogens with zero attached hydrogens (tertiary/aromatic N) is 4. The normalized spacial score (nSPS) is 12.1. The molecule has 0 saturated heterocycles. The van der Waals surface area contributed by atoms with Crippen LogP contribution < -0.4 is 5.32 Å². The molecule has 2 heterocycles. The number of carbonyl (C=O) groups excluding carboxylic acids is 1. The first-order valence-corrected chi connectivity index (χ1v) is 7.26. The summed E-state index contributed by atoms with van der Waals surface area (Å²) >= 11 is 0. The fourth-order valence-electron chi connectivity index (χ4n) is 2.17. The van der Waals surface area contributed by atoms with Crippen molar-refractivity contribution in [3.63, 3.8) is 0 Å². The number of aromatic nitrogens is 4. The minimum atomic E-state index is -0.138. The molecule has 1 N–H and O–H groups in total. The van der Waals surface area contributed by atoms with Crippen LogP contribution in [0.1, 0.15) is 44.1 Å². The van der Waals surface area contributed by atoms with Crippen LogP contribution in [0.5, 0.6) is 0 Å². The molecule has 112 valence electrons. The van der Waals surface area contributed by atoms with Gasteiger partial charge in [-0.05, 0) is 31.4 Å². The maximum atomic E-state index is 12.0. The van der Waals surface area contributed by atoms with Crippen molar-refractivity contribution in [2.75, 3.05) is 0 Å². The quantitative estimate of drug-likeness (QED) is 0.844. The Labute approximate surface area is 124 Å². The van der Waals surface area contributed by atoms with E-state index in [-0.39, 0.29) is 11.9 Å². The zero-order valence-electron chi connectivity index (χ0n) is 12.5. The molecule has 0 fully saturated rings. The summed E-state index contributed by atoms with van der Waals surface area (Å²) in [6, 6.07) is 3.71. The highest BCUT2D eigenvalue weighted by Crippen LogP contribution is 2.10. The molecule has 0 aliphatic carbocycles. The van der Waals surface area contributed by atoms with Gasteiger partial charge in [0.25, 0.3) is 0 Å². The van der Waals surface area contributed by atoms with Gasteiger partial charge < -0.3 is 5.32 Å². The Morgan fingerprint density at radius 3 is 3.05 bits per heavy atom. The maximum Gasteiger partial charge on any atom is 0.220 e. The molecule has 6 heteroatoms. The monoisotopic (exact) mass is 287 g/mol. The first-order valence-electron chi connectivity index (χ1n) is 7.26. The van der Waals surface area contributed by atoms with Gasteiger partial charge in [-0.3, -0.25) is 9.78 Å². The molecule has 1 atom stereocenters. The third-order valence-corrected chi connectivity index (χ3v) is 3.21. The van der Waals surface area contributed by atoms with Gasteiger partial charge in [0.05, 0.1) is 6.04 Å². The summed E-state index contributed by atoms with van der Waals surface area (Å²) in [6.45, 7) is 4.83. The van der Waals surface area contributed by atoms with E-state index in [0.29, 0.717) is 12.8 Å². The summed E-state index contributed by atoms with van der Waals surface area (Å²) < 4.78 is 1.84. The smallest absolute Gasteiger partial charge is 0.220 e. The van der Waals surface area contributed by atoms with Gasteiger partial charge in [-0.2, -0.15) is 5.10 Å². The van der Waals surface area contributed by atoms with E-state index in [9.17, 15) is 4.79 Å². The van der Waals surface area contributed by atoms with Gasteiger partial charge in [-0.25, -0.2) is 9.67 Å². The van der Waals surface area contributed by atoms with Crippen LogP contribution in [-0.4, -0.2) is 25.7 Å². The minimum Gasteiger partial charge on any atom is -0.346 e. The number of rotatable bonds is 7. The van der Waals surface area contributed by atoms with E-state index in [2.05, 4.69) is 27.3 Å². The van der Waals surface area contributed by atoms with E-state index in [1.165, 1.54) is 6.33 Å². The zero-order valence-corrected chi connectivity index (χ0v) is 12.5. The van der Waals surface area contributed by atoms with E-state index in [4.69, 9.17) is 0 Å². The van der Waals surface area contributed by atoms with E-state index in [1.54, 1.807) is 12.4 Å². The number of nitrogens with one attached hydrogen (secondary N) is 1. The van der Waals surface area contributed by atoms with Crippen molar-refractivity contribution in [3.8, 4) is 0 Å². The molecule has 21 heavy (non-hydrogen) atoms. The molecule has 2 rings (SSSR count). The van der Waals surface area contributed by atoms with Crippen molar-refractivity contribution >= 4 is 5.91 Å². The number of hydrogen-bond acceptors (Lipinski definition) is 4. The van der Waals surface area contributed by atoms with Gasteiger partial charge in [0, 0.05) is 25.4 Å². The third-order valence-electron chi connectivity index (χ3n) is 3.21. The second kappa shape index (κ2) is 7.52. The van der Waals surface area contributed by atoms with Crippen molar-refractivity contribution in [2.45, 2.75) is 45.7 Å². The van der Waals surface area contributed by atoms with Gasteiger partial charge in [-0.15, -0.1) is 0 Å². The van der Waals surface area contributed by atoms with Gasteiger partial charge in [0.15, 0.2) is 0 Å². The summed E-state index contributed by atoms with van der Waals surface area (Å²) in [6.07, 6.45) is 7.16. The molecule has 0 radical (unpaired) electrons. The van der Waals surface area contributed by atoms with Crippen LogP contribution in [0.4, 0.5) is 0 Å². The second-order valence-corrected chi connectivity index (χ2v) is 4.99. The van der Waals surface area contributed by atoms with E-state index >= 15 is 0 Å². The van der Waals surface area contributed by atoms with Gasteiger partial charge >= 0.3 is 0 Å². The van der Waals surface area contributed by atoms with Crippen LogP contribution in [0.2, 0.25) is 0 Å². The van der Waals surface area contributed by atoms with Crippen LogP contribution >= 0.6 is 0 Å². The van der Waals surface area contributed by atoms with Crippen LogP contribution in [0.25, 0.3) is 0 Å². The molecule has 0 aliphatic rings. The lowest BCUT2D eigenvalue weighted by Crippen LogP contribution is -2.29. The minimum absolute atomic E-state index is 0.0115. The van der Waals surface area contributed by atoms with E-state index in [0.717, 1.165) is 24.4 Å². The van der Waals surface area contributed by atoms with E-state index in [1.807, 2.05) is 23.7 Å². The lowest BCUT2D eigenvalue weighted by molar-refractivity contribution is -0.121. The Balaban J connectivity index is 1.85. The first-order chi connectivity index (χ1) is 10.2. The van der Waals surface area contributed by atoms with Crippen LogP contribution in [0, 0.1) is 0 Å². The molecule has 0 aromatic carbocycles. The fourth-order valence-corrected chi connectivity index (χ4v) is 2.17. The lowest BCUT2D eigenvalue weighted by atomic mass is 10.1. The number of amides is 1. The van der Waals surface area contributed by atoms with Crippen LogP contribution in [0.3, 0.4) is 0 Å². The maximum absolute atomic E-state index is 12.0. The van der Waals surface area contributed by atoms with Crippen molar-refractivity contribution in [1.29, 1.82) is 0 Å². The summed E-state index contributed by atoms with van der Waals surface area (Å²) in [5, 5.41) is 7.14. The summed E-state index contributed by atoms with van der Waals surface area (Å²) in [7, 11) is 0. The Kier molecular flexibility index (Phi) is 5.43. The second-order valence-electron chi connectivity index (χ2n) is 4.99. The average molecular weight is 287 g/mol. The highest BCUT2D eigenvalue weighted by atomic mass is 16.1. The number of pyridine rings is 1. The Morgan fingerprint density at radius 1 is 1.48 bits per heavy atom. The average Bonchev–Trinajstić information content (AvgIpc) is 2.95. The Morgan fingerprint density at radius 2 is 2.33 bits per heavy atom. The molecular formula is C15H21N5O. The van der Waals surface area contributed by atoms with Crippen molar-refractivity contribution in [1.82, 2.24) is 25.1 Å². The van der Waals surface area contributed by atoms with Crippen LogP contribution in [-0.2, 0) is 17.8 Å². The molecule has 0 saturated carbocycles. The predicted octanol–water partition coefficient (Wildman–Crippen LogP) is 1.89. The van der Waals surface area contributed by atoms with Crippen LogP contribution in [0.15, 0.2) is 30.9 Å². The van der Waals surface area contributed by atoms with E-state index < -0.39 is 0 Å². The molecule has 1 unspecified atom stereocenters. The highest BCUT2D eigenvalue weighted by Gasteiger charge is 2.15. The van der Waals surface area contributed by atoms with Gasteiger partial charge in [0.1, 0.15) is 12.2 Å². The molecule has 0 bridgehead atoms. The number of carbonyl (C=O) groups is 1. The SMILES string of the molecule is CCCn1ncnc1C(C)NC(=O)CCc1cccnc1. The molecular weight excluding hydrogens is 266 g/mol. The summed E-state index contributed by atoms with van der Waals surface area (Å²) in [5.41, 5.74) is 1.06. The molecule has 2 aromatic heterocycles. The van der Waals surface area contributed by atoms with Crippen molar-refractivity contribution in [3.05, 3.63) is 42.2 Å². The largest absolute Gasteiger partial charge is 0.346 e. The molecule has 1 amide bonds. The zero-order chi connectivity index (χ0) is 15.1. The molecule has 0 spiro atoms. The number of hydrogen-bond donors (Lipinski definition) is 1. The predicted molar refractivity (Wildman–Crippen MR) is 79.4 cm³/mol. The first kappa shape index (κ1) is 15.2. The fraction of sp³-hybridized carbons (Fsp3) is 0.467. The van der Waals surface area contributed by atoms with Gasteiger partial charge in [0.2, 0.25) is 5.91 Å². The molecule has 0 aliphatic heterocycles. The molecule has 2 aromatic rings. The van der Waals surface area contributed by atoms with Crippen molar-refractivity contribution < 1.29 is 4.79 Å².